The molecule has 2 fully saturated rings. The van der Waals surface area contributed by atoms with Crippen molar-refractivity contribution in [3.8, 4) is 11.4 Å². The summed E-state index contributed by atoms with van der Waals surface area (Å²) in [5.74, 6) is 0.575. The molecule has 136 valence electrons. The molecule has 3 heterocycles. The fourth-order valence-corrected chi connectivity index (χ4v) is 3.40. The molecule has 1 aromatic carbocycles. The first-order valence-corrected chi connectivity index (χ1v) is 8.83. The predicted octanol–water partition coefficient (Wildman–Crippen LogP) is -0.627. The van der Waals surface area contributed by atoms with Gasteiger partial charge < -0.3 is 10.2 Å². The highest BCUT2D eigenvalue weighted by molar-refractivity contribution is 5.84. The molecule has 9 nitrogen and oxygen atoms in total. The van der Waals surface area contributed by atoms with Crippen molar-refractivity contribution < 1.29 is 9.59 Å². The van der Waals surface area contributed by atoms with Crippen molar-refractivity contribution in [2.24, 2.45) is 0 Å². The van der Waals surface area contributed by atoms with Gasteiger partial charge in [-0.15, -0.1) is 10.2 Å². The third-order valence-electron chi connectivity index (χ3n) is 4.86. The van der Waals surface area contributed by atoms with Crippen LogP contribution >= 0.6 is 0 Å². The van der Waals surface area contributed by atoms with E-state index < -0.39 is 0 Å². The maximum absolute atomic E-state index is 12.5. The summed E-state index contributed by atoms with van der Waals surface area (Å²) >= 11 is 0. The topological polar surface area (TPSA) is 96.2 Å². The zero-order chi connectivity index (χ0) is 17.9. The molecule has 2 aliphatic rings. The minimum atomic E-state index is -0.226. The highest BCUT2D eigenvalue weighted by atomic mass is 16.2. The van der Waals surface area contributed by atoms with Crippen molar-refractivity contribution >= 4 is 11.8 Å². The second-order valence-electron chi connectivity index (χ2n) is 6.51. The van der Waals surface area contributed by atoms with Gasteiger partial charge in [-0.25, -0.2) is 0 Å². The molecule has 1 N–H and O–H groups in total. The summed E-state index contributed by atoms with van der Waals surface area (Å²) in [5, 5.41) is 15.3. The molecule has 0 radical (unpaired) electrons. The number of hydrogen-bond acceptors (Lipinski definition) is 6. The Morgan fingerprint density at radius 2 is 2.04 bits per heavy atom. The van der Waals surface area contributed by atoms with Gasteiger partial charge in [0.05, 0.1) is 6.54 Å². The monoisotopic (exact) mass is 355 g/mol. The third-order valence-corrected chi connectivity index (χ3v) is 4.86. The van der Waals surface area contributed by atoms with Crippen LogP contribution in [-0.2, 0) is 16.1 Å². The van der Waals surface area contributed by atoms with Gasteiger partial charge in [0.25, 0.3) is 0 Å². The van der Waals surface area contributed by atoms with Crippen molar-refractivity contribution in [3.05, 3.63) is 30.3 Å². The molecule has 2 amide bonds. The van der Waals surface area contributed by atoms with E-state index in [0.29, 0.717) is 38.4 Å². The molecular formula is C17H21N7O2. The van der Waals surface area contributed by atoms with Crippen LogP contribution in [0, 0.1) is 0 Å². The molecule has 1 aromatic heterocycles. The number of carbonyl (C=O) groups is 2. The van der Waals surface area contributed by atoms with Crippen LogP contribution in [-0.4, -0.2) is 80.6 Å². The van der Waals surface area contributed by atoms with Crippen molar-refractivity contribution in [1.82, 2.24) is 35.3 Å². The minimum Gasteiger partial charge on any atom is -0.353 e. The maximum atomic E-state index is 12.5. The summed E-state index contributed by atoms with van der Waals surface area (Å²) in [6, 6.07) is 9.37. The summed E-state index contributed by atoms with van der Waals surface area (Å²) in [4.78, 5) is 29.9. The Hall–Kier alpha value is -2.81. The van der Waals surface area contributed by atoms with Crippen molar-refractivity contribution in [2.45, 2.75) is 19.0 Å². The van der Waals surface area contributed by atoms with Gasteiger partial charge in [-0.1, -0.05) is 30.3 Å². The molecule has 9 heteroatoms. The maximum Gasteiger partial charge on any atom is 0.239 e. The van der Waals surface area contributed by atoms with E-state index in [1.54, 1.807) is 4.90 Å². The molecular weight excluding hydrogens is 334 g/mol. The van der Waals surface area contributed by atoms with Crippen LogP contribution in [0.5, 0.6) is 0 Å². The van der Waals surface area contributed by atoms with Gasteiger partial charge in [-0.05, 0) is 5.21 Å². The lowest BCUT2D eigenvalue weighted by Gasteiger charge is -2.43. The number of fused-ring (bicyclic) bond motifs is 1. The zero-order valence-corrected chi connectivity index (χ0v) is 14.4. The molecule has 4 rings (SSSR count). The Labute approximate surface area is 151 Å². The van der Waals surface area contributed by atoms with Crippen LogP contribution in [0.2, 0.25) is 0 Å². The van der Waals surface area contributed by atoms with E-state index in [2.05, 4.69) is 25.6 Å². The largest absolute Gasteiger partial charge is 0.353 e. The standard InChI is InChI=1S/C17H21N7O2/c25-15(23-11-10-22-9-7-18-17(26)14(22)12-23)6-8-24-20-16(19-21-24)13-4-2-1-3-5-13/h1-5,14H,6-12H2,(H,18,26)/t14-/m0/s1. The Bertz CT molecular complexity index is 791. The van der Waals surface area contributed by atoms with Crippen molar-refractivity contribution in [2.75, 3.05) is 32.7 Å². The minimum absolute atomic E-state index is 0.0131. The summed E-state index contributed by atoms with van der Waals surface area (Å²) in [7, 11) is 0. The lowest BCUT2D eigenvalue weighted by Crippen LogP contribution is -2.64. The molecule has 0 saturated carbocycles. The molecule has 0 unspecified atom stereocenters. The number of aromatic nitrogens is 4. The Morgan fingerprint density at radius 3 is 2.88 bits per heavy atom. The third kappa shape index (κ3) is 3.43. The number of carbonyl (C=O) groups excluding carboxylic acids is 2. The summed E-state index contributed by atoms with van der Waals surface area (Å²) < 4.78 is 0. The van der Waals surface area contributed by atoms with Crippen LogP contribution in [0.15, 0.2) is 30.3 Å². The van der Waals surface area contributed by atoms with E-state index in [1.807, 2.05) is 30.3 Å². The fourth-order valence-electron chi connectivity index (χ4n) is 3.40. The highest BCUT2D eigenvalue weighted by Gasteiger charge is 2.36. The average molecular weight is 355 g/mol. The number of piperazine rings is 2. The number of tetrazole rings is 1. The van der Waals surface area contributed by atoms with Crippen molar-refractivity contribution in [1.29, 1.82) is 0 Å². The number of amides is 2. The van der Waals surface area contributed by atoms with Gasteiger partial charge in [-0.3, -0.25) is 14.5 Å². The molecule has 2 saturated heterocycles. The van der Waals surface area contributed by atoms with Crippen LogP contribution < -0.4 is 5.32 Å². The molecule has 0 bridgehead atoms. The SMILES string of the molecule is O=C1NCCN2CCN(C(=O)CCn3nnc(-c4ccccc4)n3)C[C@@H]12. The first-order chi connectivity index (χ1) is 12.7. The van der Waals surface area contributed by atoms with Gasteiger partial charge >= 0.3 is 0 Å². The van der Waals surface area contributed by atoms with Crippen LogP contribution in [0.1, 0.15) is 6.42 Å². The molecule has 2 aromatic rings. The predicted molar refractivity (Wildman–Crippen MR) is 92.8 cm³/mol. The van der Waals surface area contributed by atoms with Gasteiger partial charge in [0.15, 0.2) is 0 Å². The smallest absolute Gasteiger partial charge is 0.239 e. The number of benzene rings is 1. The van der Waals surface area contributed by atoms with E-state index in [0.717, 1.165) is 18.7 Å². The fraction of sp³-hybridized carbons (Fsp3) is 0.471. The lowest BCUT2D eigenvalue weighted by atomic mass is 10.1. The number of hydrogen-bond donors (Lipinski definition) is 1. The average Bonchev–Trinajstić information content (AvgIpc) is 3.16. The van der Waals surface area contributed by atoms with Crippen LogP contribution in [0.4, 0.5) is 0 Å². The first-order valence-electron chi connectivity index (χ1n) is 8.83. The second kappa shape index (κ2) is 7.20. The highest BCUT2D eigenvalue weighted by Crippen LogP contribution is 2.14. The molecule has 2 aliphatic heterocycles. The van der Waals surface area contributed by atoms with Crippen molar-refractivity contribution in [3.63, 3.8) is 0 Å². The van der Waals surface area contributed by atoms with Gasteiger partial charge in [0, 0.05) is 44.7 Å². The first kappa shape index (κ1) is 16.6. The van der Waals surface area contributed by atoms with Crippen LogP contribution in [0.3, 0.4) is 0 Å². The Balaban J connectivity index is 1.33. The summed E-state index contributed by atoms with van der Waals surface area (Å²) in [6.45, 7) is 3.75. The van der Waals surface area contributed by atoms with Gasteiger partial charge in [-0.2, -0.15) is 4.80 Å². The quantitative estimate of drug-likeness (QED) is 0.785. The van der Waals surface area contributed by atoms with E-state index >= 15 is 0 Å². The van der Waals surface area contributed by atoms with E-state index in [9.17, 15) is 9.59 Å². The van der Waals surface area contributed by atoms with E-state index in [-0.39, 0.29) is 17.9 Å². The normalized spacial score (nSPS) is 20.5. The molecule has 0 aliphatic carbocycles. The second-order valence-corrected chi connectivity index (χ2v) is 6.51. The number of aryl methyl sites for hydroxylation is 1. The van der Waals surface area contributed by atoms with E-state index in [1.165, 1.54) is 4.80 Å². The molecule has 0 spiro atoms. The molecule has 26 heavy (non-hydrogen) atoms. The molecule has 1 atom stereocenters. The van der Waals surface area contributed by atoms with Gasteiger partial charge in [0.2, 0.25) is 17.6 Å². The lowest BCUT2D eigenvalue weighted by molar-refractivity contribution is -0.140. The number of rotatable bonds is 4. The zero-order valence-electron chi connectivity index (χ0n) is 14.4. The summed E-state index contributed by atoms with van der Waals surface area (Å²) in [6.07, 6.45) is 0.291. The Morgan fingerprint density at radius 1 is 1.19 bits per heavy atom. The van der Waals surface area contributed by atoms with Crippen LogP contribution in [0.25, 0.3) is 11.4 Å². The van der Waals surface area contributed by atoms with E-state index in [4.69, 9.17) is 0 Å². The number of nitrogens with one attached hydrogen (secondary N) is 1. The Kier molecular flexibility index (Phi) is 4.61. The summed E-state index contributed by atoms with van der Waals surface area (Å²) in [5.41, 5.74) is 0.893. The number of nitrogens with zero attached hydrogens (tertiary/aromatic N) is 6. The van der Waals surface area contributed by atoms with Gasteiger partial charge in [0.1, 0.15) is 6.04 Å².